The maximum Gasteiger partial charge on any atom is 0.109 e. The Bertz CT molecular complexity index is 522. The molecule has 0 spiro atoms. The van der Waals surface area contributed by atoms with E-state index in [-0.39, 0.29) is 0 Å². The van der Waals surface area contributed by atoms with E-state index in [4.69, 9.17) is 0 Å². The molecule has 2 aromatic rings. The average Bonchev–Trinajstić information content (AvgIpc) is 2.80. The maximum absolute atomic E-state index is 4.34. The van der Waals surface area contributed by atoms with Gasteiger partial charge in [0.05, 0.1) is 0 Å². The monoisotopic (exact) mass is 321 g/mol. The SMILES string of the molecule is CCC(NCCc1nccn1C)c1cccc(Br)c1. The molecule has 1 aromatic heterocycles. The lowest BCUT2D eigenvalue weighted by atomic mass is 10.0. The van der Waals surface area contributed by atoms with Crippen LogP contribution in [0.25, 0.3) is 0 Å². The van der Waals surface area contributed by atoms with Gasteiger partial charge in [-0.15, -0.1) is 0 Å². The summed E-state index contributed by atoms with van der Waals surface area (Å²) < 4.78 is 3.20. The van der Waals surface area contributed by atoms with Crippen LogP contribution in [-0.2, 0) is 13.5 Å². The molecule has 1 N–H and O–H groups in total. The Morgan fingerprint density at radius 1 is 1.42 bits per heavy atom. The fourth-order valence-corrected chi connectivity index (χ4v) is 2.63. The summed E-state index contributed by atoms with van der Waals surface area (Å²) in [4.78, 5) is 4.34. The lowest BCUT2D eigenvalue weighted by Crippen LogP contribution is -2.24. The first-order valence-corrected chi connectivity index (χ1v) is 7.45. The zero-order valence-corrected chi connectivity index (χ0v) is 13.0. The molecular weight excluding hydrogens is 302 g/mol. The van der Waals surface area contributed by atoms with Crippen molar-refractivity contribution in [3.8, 4) is 0 Å². The Hall–Kier alpha value is -1.13. The average molecular weight is 322 g/mol. The molecule has 1 atom stereocenters. The van der Waals surface area contributed by atoms with Crippen molar-refractivity contribution in [1.29, 1.82) is 0 Å². The number of benzene rings is 1. The number of hydrogen-bond acceptors (Lipinski definition) is 2. The number of rotatable bonds is 6. The van der Waals surface area contributed by atoms with Gasteiger partial charge in [0.1, 0.15) is 5.82 Å². The topological polar surface area (TPSA) is 29.9 Å². The van der Waals surface area contributed by atoms with Gasteiger partial charge in [0, 0.05) is 42.9 Å². The lowest BCUT2D eigenvalue weighted by molar-refractivity contribution is 0.515. The number of halogens is 1. The maximum atomic E-state index is 4.34. The number of hydrogen-bond donors (Lipinski definition) is 1. The van der Waals surface area contributed by atoms with E-state index < -0.39 is 0 Å². The van der Waals surface area contributed by atoms with E-state index in [0.717, 1.165) is 29.7 Å². The highest BCUT2D eigenvalue weighted by molar-refractivity contribution is 9.10. The number of nitrogens with one attached hydrogen (secondary N) is 1. The fourth-order valence-electron chi connectivity index (χ4n) is 2.22. The molecule has 0 fully saturated rings. The van der Waals surface area contributed by atoms with E-state index in [9.17, 15) is 0 Å². The summed E-state index contributed by atoms with van der Waals surface area (Å²) >= 11 is 3.53. The van der Waals surface area contributed by atoms with Crippen LogP contribution in [0, 0.1) is 0 Å². The molecule has 1 heterocycles. The van der Waals surface area contributed by atoms with E-state index in [1.165, 1.54) is 5.56 Å². The van der Waals surface area contributed by atoms with Crippen LogP contribution >= 0.6 is 15.9 Å². The molecule has 1 aromatic carbocycles. The van der Waals surface area contributed by atoms with Gasteiger partial charge in [0.25, 0.3) is 0 Å². The number of aryl methyl sites for hydroxylation is 1. The van der Waals surface area contributed by atoms with Crippen LogP contribution < -0.4 is 5.32 Å². The molecule has 0 amide bonds. The first-order chi connectivity index (χ1) is 9.20. The van der Waals surface area contributed by atoms with Crippen molar-refractivity contribution in [3.05, 3.63) is 52.5 Å². The smallest absolute Gasteiger partial charge is 0.109 e. The highest BCUT2D eigenvalue weighted by Gasteiger charge is 2.09. The highest BCUT2D eigenvalue weighted by atomic mass is 79.9. The summed E-state index contributed by atoms with van der Waals surface area (Å²) in [5, 5.41) is 3.60. The first kappa shape index (κ1) is 14.3. The number of nitrogens with zero attached hydrogens (tertiary/aromatic N) is 2. The van der Waals surface area contributed by atoms with Crippen molar-refractivity contribution in [1.82, 2.24) is 14.9 Å². The molecule has 0 radical (unpaired) electrons. The summed E-state index contributed by atoms with van der Waals surface area (Å²) in [7, 11) is 2.04. The third-order valence-electron chi connectivity index (χ3n) is 3.32. The molecule has 1 unspecified atom stereocenters. The summed E-state index contributed by atoms with van der Waals surface area (Å²) in [5.74, 6) is 1.12. The molecule has 102 valence electrons. The lowest BCUT2D eigenvalue weighted by Gasteiger charge is -2.17. The molecule has 4 heteroatoms. The van der Waals surface area contributed by atoms with Gasteiger partial charge in [0.2, 0.25) is 0 Å². The Morgan fingerprint density at radius 3 is 2.89 bits per heavy atom. The molecule has 0 aliphatic carbocycles. The molecule has 0 bridgehead atoms. The molecule has 3 nitrogen and oxygen atoms in total. The summed E-state index contributed by atoms with van der Waals surface area (Å²) in [5.41, 5.74) is 1.33. The third kappa shape index (κ3) is 3.91. The van der Waals surface area contributed by atoms with Crippen molar-refractivity contribution in [3.63, 3.8) is 0 Å². The van der Waals surface area contributed by atoms with Crippen molar-refractivity contribution in [2.24, 2.45) is 7.05 Å². The van der Waals surface area contributed by atoms with Crippen molar-refractivity contribution < 1.29 is 0 Å². The molecule has 2 rings (SSSR count). The largest absolute Gasteiger partial charge is 0.338 e. The van der Waals surface area contributed by atoms with Gasteiger partial charge in [-0.2, -0.15) is 0 Å². The van der Waals surface area contributed by atoms with Crippen LogP contribution in [-0.4, -0.2) is 16.1 Å². The van der Waals surface area contributed by atoms with Gasteiger partial charge in [0.15, 0.2) is 0 Å². The second-order valence-corrected chi connectivity index (χ2v) is 5.59. The predicted molar refractivity (Wildman–Crippen MR) is 82.1 cm³/mol. The standard InChI is InChI=1S/C15H20BrN3/c1-3-14(12-5-4-6-13(16)11-12)17-8-7-15-18-9-10-19(15)2/h4-6,9-11,14,17H,3,7-8H2,1-2H3. The minimum Gasteiger partial charge on any atom is -0.338 e. The minimum absolute atomic E-state index is 0.401. The van der Waals surface area contributed by atoms with Gasteiger partial charge in [-0.05, 0) is 24.1 Å². The molecule has 0 saturated heterocycles. The van der Waals surface area contributed by atoms with Gasteiger partial charge in [-0.1, -0.05) is 35.0 Å². The molecule has 0 aliphatic heterocycles. The second kappa shape index (κ2) is 6.87. The van der Waals surface area contributed by atoms with E-state index in [1.807, 2.05) is 19.4 Å². The van der Waals surface area contributed by atoms with Crippen LogP contribution in [0.1, 0.15) is 30.8 Å². The van der Waals surface area contributed by atoms with E-state index in [0.29, 0.717) is 6.04 Å². The van der Waals surface area contributed by atoms with Gasteiger partial charge >= 0.3 is 0 Å². The molecule has 0 saturated carbocycles. The van der Waals surface area contributed by atoms with Crippen LogP contribution in [0.2, 0.25) is 0 Å². The predicted octanol–water partition coefficient (Wildman–Crippen LogP) is 3.47. The Balaban J connectivity index is 1.91. The third-order valence-corrected chi connectivity index (χ3v) is 3.81. The van der Waals surface area contributed by atoms with Crippen LogP contribution in [0.3, 0.4) is 0 Å². The summed E-state index contributed by atoms with van der Waals surface area (Å²) in [6.07, 6.45) is 5.87. The molecular formula is C15H20BrN3. The summed E-state index contributed by atoms with van der Waals surface area (Å²) in [6.45, 7) is 3.15. The number of aromatic nitrogens is 2. The number of imidazole rings is 1. The van der Waals surface area contributed by atoms with Crippen LogP contribution in [0.4, 0.5) is 0 Å². The Labute approximate surface area is 123 Å². The van der Waals surface area contributed by atoms with Crippen LogP contribution in [0.5, 0.6) is 0 Å². The minimum atomic E-state index is 0.401. The van der Waals surface area contributed by atoms with E-state index in [1.54, 1.807) is 0 Å². The zero-order chi connectivity index (χ0) is 13.7. The Kier molecular flexibility index (Phi) is 5.16. The highest BCUT2D eigenvalue weighted by Crippen LogP contribution is 2.20. The van der Waals surface area contributed by atoms with Gasteiger partial charge < -0.3 is 9.88 Å². The Morgan fingerprint density at radius 2 is 2.26 bits per heavy atom. The first-order valence-electron chi connectivity index (χ1n) is 6.65. The molecule has 19 heavy (non-hydrogen) atoms. The zero-order valence-electron chi connectivity index (χ0n) is 11.4. The summed E-state index contributed by atoms with van der Waals surface area (Å²) in [6, 6.07) is 8.90. The van der Waals surface area contributed by atoms with E-state index in [2.05, 4.69) is 62.0 Å². The quantitative estimate of drug-likeness (QED) is 0.883. The van der Waals surface area contributed by atoms with Gasteiger partial charge in [-0.25, -0.2) is 4.98 Å². The van der Waals surface area contributed by atoms with Crippen molar-refractivity contribution in [2.75, 3.05) is 6.54 Å². The van der Waals surface area contributed by atoms with Crippen LogP contribution in [0.15, 0.2) is 41.1 Å². The van der Waals surface area contributed by atoms with Crippen molar-refractivity contribution in [2.45, 2.75) is 25.8 Å². The van der Waals surface area contributed by atoms with E-state index >= 15 is 0 Å². The van der Waals surface area contributed by atoms with Gasteiger partial charge in [-0.3, -0.25) is 0 Å². The normalized spacial score (nSPS) is 12.6. The fraction of sp³-hybridized carbons (Fsp3) is 0.400. The molecule has 0 aliphatic rings. The van der Waals surface area contributed by atoms with Crippen molar-refractivity contribution >= 4 is 15.9 Å². The second-order valence-electron chi connectivity index (χ2n) is 4.67.